The molecule has 0 saturated carbocycles. The number of nitrogens with one attached hydrogen (secondary N) is 3. The molecule has 0 radical (unpaired) electrons. The van der Waals surface area contributed by atoms with Gasteiger partial charge in [-0.2, -0.15) is 10.3 Å². The molecule has 1 amide bonds. The van der Waals surface area contributed by atoms with Gasteiger partial charge in [0.05, 0.1) is 0 Å². The summed E-state index contributed by atoms with van der Waals surface area (Å²) in [7, 11) is 0. The predicted molar refractivity (Wildman–Crippen MR) is 59.4 cm³/mol. The van der Waals surface area contributed by atoms with Crippen molar-refractivity contribution in [3.63, 3.8) is 0 Å². The maximum absolute atomic E-state index is 11.6. The van der Waals surface area contributed by atoms with Gasteiger partial charge in [-0.1, -0.05) is 20.8 Å². The lowest BCUT2D eigenvalue weighted by Crippen LogP contribution is -2.14. The maximum atomic E-state index is 11.6. The lowest BCUT2D eigenvalue weighted by atomic mass is 9.92. The number of tetrazole rings is 1. The number of aromatic nitrogens is 6. The quantitative estimate of drug-likeness (QED) is 0.700. The molecule has 0 aromatic carbocycles. The Morgan fingerprint density at radius 3 is 2.65 bits per heavy atom. The smallest absolute Gasteiger partial charge is 0.298 e. The van der Waals surface area contributed by atoms with Crippen LogP contribution in [-0.2, 0) is 5.41 Å². The number of rotatable bonds is 2. The molecule has 0 bridgehead atoms. The molecule has 17 heavy (non-hydrogen) atoms. The Morgan fingerprint density at radius 1 is 1.35 bits per heavy atom. The third-order valence-corrected chi connectivity index (χ3v) is 2.18. The number of aromatic amines is 2. The van der Waals surface area contributed by atoms with Gasteiger partial charge in [-0.25, -0.2) is 0 Å². The molecule has 2 rings (SSSR count). The molecule has 0 aliphatic heterocycles. The van der Waals surface area contributed by atoms with E-state index in [4.69, 9.17) is 0 Å². The molecule has 8 heteroatoms. The Morgan fingerprint density at radius 2 is 2.12 bits per heavy atom. The summed E-state index contributed by atoms with van der Waals surface area (Å²) in [5, 5.41) is 22.1. The fraction of sp³-hybridized carbons (Fsp3) is 0.444. The summed E-state index contributed by atoms with van der Waals surface area (Å²) in [6, 6.07) is 1.78. The predicted octanol–water partition coefficient (Wildman–Crippen LogP) is 0.473. The molecular formula is C9H13N7O. The van der Waals surface area contributed by atoms with Crippen molar-refractivity contribution in [3.8, 4) is 0 Å². The molecule has 2 heterocycles. The van der Waals surface area contributed by atoms with Crippen LogP contribution in [-0.4, -0.2) is 36.7 Å². The van der Waals surface area contributed by atoms with Gasteiger partial charge in [-0.15, -0.1) is 10.2 Å². The summed E-state index contributed by atoms with van der Waals surface area (Å²) >= 11 is 0. The monoisotopic (exact) mass is 235 g/mol. The second kappa shape index (κ2) is 3.96. The number of nitrogens with zero attached hydrogens (tertiary/aromatic N) is 4. The van der Waals surface area contributed by atoms with E-state index in [1.165, 1.54) is 0 Å². The van der Waals surface area contributed by atoms with Gasteiger partial charge in [-0.3, -0.25) is 9.89 Å². The van der Waals surface area contributed by atoms with Crippen molar-refractivity contribution in [3.05, 3.63) is 17.6 Å². The van der Waals surface area contributed by atoms with Crippen molar-refractivity contribution >= 4 is 11.7 Å². The first kappa shape index (κ1) is 11.2. The van der Waals surface area contributed by atoms with Gasteiger partial charge in [0, 0.05) is 17.2 Å². The third-order valence-electron chi connectivity index (χ3n) is 2.18. The molecule has 0 atom stereocenters. The normalized spacial score (nSPS) is 11.5. The van der Waals surface area contributed by atoms with Crippen LogP contribution in [0.2, 0.25) is 0 Å². The number of hydrogen-bond acceptors (Lipinski definition) is 5. The topological polar surface area (TPSA) is 112 Å². The minimum atomic E-state index is -0.453. The van der Waals surface area contributed by atoms with Crippen molar-refractivity contribution in [1.29, 1.82) is 0 Å². The second-order valence-electron chi connectivity index (χ2n) is 4.61. The van der Waals surface area contributed by atoms with E-state index in [-0.39, 0.29) is 11.2 Å². The standard InChI is InChI=1S/C9H13N7O/c1-9(2,3)5-4-6(12-11-5)10-8(17)7-13-15-16-14-7/h4H,1-3H3,(H2,10,11,12,17)(H,13,14,15,16). The SMILES string of the molecule is CC(C)(C)c1cc(NC(=O)c2nn[nH]n2)n[nH]1. The van der Waals surface area contributed by atoms with Crippen molar-refractivity contribution in [2.45, 2.75) is 26.2 Å². The Labute approximate surface area is 97.2 Å². The minimum Gasteiger partial charge on any atom is -0.302 e. The van der Waals surface area contributed by atoms with E-state index >= 15 is 0 Å². The van der Waals surface area contributed by atoms with Crippen LogP contribution in [0.1, 0.15) is 37.1 Å². The summed E-state index contributed by atoms with van der Waals surface area (Å²) in [5.74, 6) is -0.0410. The van der Waals surface area contributed by atoms with Gasteiger partial charge in [0.25, 0.3) is 11.7 Å². The average molecular weight is 235 g/mol. The van der Waals surface area contributed by atoms with E-state index in [2.05, 4.69) is 36.1 Å². The van der Waals surface area contributed by atoms with Crippen LogP contribution in [0.4, 0.5) is 5.82 Å². The Hall–Kier alpha value is -2.25. The highest BCUT2D eigenvalue weighted by Crippen LogP contribution is 2.21. The summed E-state index contributed by atoms with van der Waals surface area (Å²) in [5.41, 5.74) is 0.878. The van der Waals surface area contributed by atoms with Crippen LogP contribution in [0.5, 0.6) is 0 Å². The highest BCUT2D eigenvalue weighted by atomic mass is 16.2. The van der Waals surface area contributed by atoms with Crippen LogP contribution in [0.15, 0.2) is 6.07 Å². The fourth-order valence-corrected chi connectivity index (χ4v) is 1.20. The number of anilines is 1. The zero-order valence-corrected chi connectivity index (χ0v) is 9.77. The van der Waals surface area contributed by atoms with E-state index in [1.807, 2.05) is 20.8 Å². The third kappa shape index (κ3) is 2.47. The number of carbonyl (C=O) groups is 1. The molecule has 0 spiro atoms. The van der Waals surface area contributed by atoms with Gasteiger partial charge in [0.15, 0.2) is 5.82 Å². The van der Waals surface area contributed by atoms with Crippen molar-refractivity contribution in [2.75, 3.05) is 5.32 Å². The Kier molecular flexibility index (Phi) is 2.62. The van der Waals surface area contributed by atoms with Crippen LogP contribution in [0, 0.1) is 0 Å². The van der Waals surface area contributed by atoms with Gasteiger partial charge in [0.1, 0.15) is 0 Å². The van der Waals surface area contributed by atoms with E-state index in [1.54, 1.807) is 6.07 Å². The molecule has 0 aliphatic rings. The Bertz CT molecular complexity index is 508. The highest BCUT2D eigenvalue weighted by Gasteiger charge is 2.18. The van der Waals surface area contributed by atoms with Gasteiger partial charge >= 0.3 is 0 Å². The molecular weight excluding hydrogens is 222 g/mol. The average Bonchev–Trinajstić information content (AvgIpc) is 2.85. The van der Waals surface area contributed by atoms with Gasteiger partial charge in [-0.05, 0) is 5.21 Å². The molecule has 0 unspecified atom stereocenters. The largest absolute Gasteiger partial charge is 0.302 e. The summed E-state index contributed by atoms with van der Waals surface area (Å²) < 4.78 is 0. The zero-order valence-electron chi connectivity index (χ0n) is 9.77. The minimum absolute atomic E-state index is 0.0229. The van der Waals surface area contributed by atoms with E-state index in [0.29, 0.717) is 5.82 Å². The van der Waals surface area contributed by atoms with Gasteiger partial charge < -0.3 is 5.32 Å². The van der Waals surface area contributed by atoms with Crippen LogP contribution in [0.3, 0.4) is 0 Å². The Balaban J connectivity index is 2.10. The fourth-order valence-electron chi connectivity index (χ4n) is 1.20. The summed E-state index contributed by atoms with van der Waals surface area (Å²) in [4.78, 5) is 11.6. The maximum Gasteiger partial charge on any atom is 0.298 e. The molecule has 2 aromatic heterocycles. The van der Waals surface area contributed by atoms with E-state index in [0.717, 1.165) is 5.69 Å². The molecule has 8 nitrogen and oxygen atoms in total. The first-order valence-electron chi connectivity index (χ1n) is 5.07. The first-order valence-corrected chi connectivity index (χ1v) is 5.07. The van der Waals surface area contributed by atoms with E-state index < -0.39 is 5.91 Å². The first-order chi connectivity index (χ1) is 7.97. The number of hydrogen-bond donors (Lipinski definition) is 3. The number of amides is 1. The van der Waals surface area contributed by atoms with Crippen molar-refractivity contribution in [2.24, 2.45) is 0 Å². The molecule has 0 aliphatic carbocycles. The summed E-state index contributed by atoms with van der Waals surface area (Å²) in [6.07, 6.45) is 0. The number of H-pyrrole nitrogens is 2. The lowest BCUT2D eigenvalue weighted by Gasteiger charge is -2.14. The van der Waals surface area contributed by atoms with Crippen molar-refractivity contribution < 1.29 is 4.79 Å². The highest BCUT2D eigenvalue weighted by molar-refractivity contribution is 6.00. The van der Waals surface area contributed by atoms with Gasteiger partial charge in [0.2, 0.25) is 0 Å². The molecule has 90 valence electrons. The van der Waals surface area contributed by atoms with Crippen LogP contribution in [0.25, 0.3) is 0 Å². The second-order valence-corrected chi connectivity index (χ2v) is 4.61. The summed E-state index contributed by atoms with van der Waals surface area (Å²) in [6.45, 7) is 6.14. The van der Waals surface area contributed by atoms with E-state index in [9.17, 15) is 4.79 Å². The lowest BCUT2D eigenvalue weighted by molar-refractivity contribution is 0.101. The molecule has 3 N–H and O–H groups in total. The molecule has 0 saturated heterocycles. The molecule has 2 aromatic rings. The number of carbonyl (C=O) groups excluding carboxylic acids is 1. The molecule has 0 fully saturated rings. The van der Waals surface area contributed by atoms with Crippen LogP contribution < -0.4 is 5.32 Å². The van der Waals surface area contributed by atoms with Crippen LogP contribution >= 0.6 is 0 Å². The zero-order chi connectivity index (χ0) is 12.5. The van der Waals surface area contributed by atoms with Crippen molar-refractivity contribution in [1.82, 2.24) is 30.8 Å².